The predicted octanol–water partition coefficient (Wildman–Crippen LogP) is 2.79. The quantitative estimate of drug-likeness (QED) is 0.475. The van der Waals surface area contributed by atoms with Gasteiger partial charge in [0.2, 0.25) is 0 Å². The topological polar surface area (TPSA) is 80.9 Å². The fourth-order valence-corrected chi connectivity index (χ4v) is 3.55. The van der Waals surface area contributed by atoms with Crippen LogP contribution in [0, 0.1) is 0 Å². The van der Waals surface area contributed by atoms with Crippen LogP contribution < -0.4 is 0 Å². The second-order valence-electron chi connectivity index (χ2n) is 6.15. The number of hydrogen-bond donors (Lipinski definition) is 4. The van der Waals surface area contributed by atoms with Gasteiger partial charge in [-0.05, 0) is 48.2 Å². The van der Waals surface area contributed by atoms with Gasteiger partial charge in [-0.25, -0.2) is 0 Å². The standard InChI is InChI=1S/C19H22Br2O4/c20-15-5-1-13(2-6-15)11-19(12-23,18(25)17(24)9-10-22)14-3-7-16(21)8-4-14/h1-8,17-18,22-25H,9-12H2. The van der Waals surface area contributed by atoms with Crippen molar-refractivity contribution in [1.29, 1.82) is 0 Å². The first-order chi connectivity index (χ1) is 11.9. The van der Waals surface area contributed by atoms with Gasteiger partial charge in [0.05, 0.1) is 24.2 Å². The molecule has 0 aromatic heterocycles. The predicted molar refractivity (Wildman–Crippen MR) is 104 cm³/mol. The Labute approximate surface area is 164 Å². The zero-order valence-corrected chi connectivity index (χ0v) is 16.8. The summed E-state index contributed by atoms with van der Waals surface area (Å²) >= 11 is 6.78. The summed E-state index contributed by atoms with van der Waals surface area (Å²) in [5, 5.41) is 40.5. The smallest absolute Gasteiger partial charge is 0.0921 e. The molecule has 0 saturated heterocycles. The highest BCUT2D eigenvalue weighted by Gasteiger charge is 2.42. The van der Waals surface area contributed by atoms with Crippen molar-refractivity contribution in [2.45, 2.75) is 30.5 Å². The minimum Gasteiger partial charge on any atom is -0.396 e. The number of benzene rings is 2. The third-order valence-corrected chi connectivity index (χ3v) is 5.55. The van der Waals surface area contributed by atoms with Crippen LogP contribution in [-0.2, 0) is 11.8 Å². The normalized spacial score (nSPS) is 16.2. The first-order valence-corrected chi connectivity index (χ1v) is 9.60. The van der Waals surface area contributed by atoms with Crippen LogP contribution >= 0.6 is 31.9 Å². The summed E-state index contributed by atoms with van der Waals surface area (Å²) in [6, 6.07) is 15.0. The van der Waals surface area contributed by atoms with Crippen LogP contribution in [0.2, 0.25) is 0 Å². The summed E-state index contributed by atoms with van der Waals surface area (Å²) in [7, 11) is 0. The van der Waals surface area contributed by atoms with Crippen molar-refractivity contribution < 1.29 is 20.4 Å². The maximum absolute atomic E-state index is 10.9. The molecular weight excluding hydrogens is 452 g/mol. The van der Waals surface area contributed by atoms with Gasteiger partial charge in [0.25, 0.3) is 0 Å². The average molecular weight is 474 g/mol. The summed E-state index contributed by atoms with van der Waals surface area (Å²) < 4.78 is 1.83. The molecule has 0 amide bonds. The molecule has 2 aromatic rings. The maximum atomic E-state index is 10.9. The Morgan fingerprint density at radius 1 is 0.840 bits per heavy atom. The van der Waals surface area contributed by atoms with Crippen molar-refractivity contribution in [3.63, 3.8) is 0 Å². The van der Waals surface area contributed by atoms with Gasteiger partial charge in [-0.1, -0.05) is 56.1 Å². The van der Waals surface area contributed by atoms with E-state index in [-0.39, 0.29) is 19.6 Å². The first kappa shape index (κ1) is 20.6. The molecule has 0 aliphatic carbocycles. The largest absolute Gasteiger partial charge is 0.396 e. The molecule has 0 aliphatic heterocycles. The van der Waals surface area contributed by atoms with Gasteiger partial charge < -0.3 is 20.4 Å². The van der Waals surface area contributed by atoms with Gasteiger partial charge in [-0.3, -0.25) is 0 Å². The second-order valence-corrected chi connectivity index (χ2v) is 7.98. The molecule has 2 aromatic carbocycles. The average Bonchev–Trinajstić information content (AvgIpc) is 2.62. The lowest BCUT2D eigenvalue weighted by atomic mass is 9.70. The number of halogens is 2. The summed E-state index contributed by atoms with van der Waals surface area (Å²) in [6.45, 7) is -0.577. The van der Waals surface area contributed by atoms with Crippen LogP contribution in [0.25, 0.3) is 0 Å². The molecule has 3 atom stereocenters. The van der Waals surface area contributed by atoms with E-state index in [1.807, 2.05) is 48.5 Å². The van der Waals surface area contributed by atoms with Crippen molar-refractivity contribution in [1.82, 2.24) is 0 Å². The molecule has 4 N–H and O–H groups in total. The third kappa shape index (κ3) is 4.90. The fourth-order valence-electron chi connectivity index (χ4n) is 3.02. The molecule has 0 heterocycles. The summed E-state index contributed by atoms with van der Waals surface area (Å²) in [5.74, 6) is 0. The summed E-state index contributed by atoms with van der Waals surface area (Å²) in [4.78, 5) is 0. The fraction of sp³-hybridized carbons (Fsp3) is 0.368. The van der Waals surface area contributed by atoms with Gasteiger partial charge in [0.1, 0.15) is 0 Å². The molecule has 0 radical (unpaired) electrons. The highest BCUT2D eigenvalue weighted by atomic mass is 79.9. The Morgan fingerprint density at radius 2 is 1.36 bits per heavy atom. The van der Waals surface area contributed by atoms with Crippen LogP contribution in [0.4, 0.5) is 0 Å². The number of aliphatic hydroxyl groups is 4. The zero-order chi connectivity index (χ0) is 18.4. The SMILES string of the molecule is OCCC(O)C(O)C(CO)(Cc1ccc(Br)cc1)c1ccc(Br)cc1. The van der Waals surface area contributed by atoms with E-state index in [4.69, 9.17) is 5.11 Å². The monoisotopic (exact) mass is 472 g/mol. The molecule has 0 bridgehead atoms. The van der Waals surface area contributed by atoms with E-state index >= 15 is 0 Å². The van der Waals surface area contributed by atoms with Crippen molar-refractivity contribution in [2.75, 3.05) is 13.2 Å². The van der Waals surface area contributed by atoms with Crippen molar-refractivity contribution in [3.05, 3.63) is 68.6 Å². The van der Waals surface area contributed by atoms with E-state index < -0.39 is 17.6 Å². The highest BCUT2D eigenvalue weighted by molar-refractivity contribution is 9.10. The van der Waals surface area contributed by atoms with E-state index in [2.05, 4.69) is 31.9 Å². The van der Waals surface area contributed by atoms with E-state index in [0.29, 0.717) is 6.42 Å². The van der Waals surface area contributed by atoms with E-state index in [1.165, 1.54) is 0 Å². The first-order valence-electron chi connectivity index (χ1n) is 8.01. The van der Waals surface area contributed by atoms with Crippen LogP contribution in [0.3, 0.4) is 0 Å². The van der Waals surface area contributed by atoms with Gasteiger partial charge in [-0.15, -0.1) is 0 Å². The van der Waals surface area contributed by atoms with Crippen LogP contribution in [0.1, 0.15) is 17.5 Å². The Kier molecular flexibility index (Phi) is 7.61. The van der Waals surface area contributed by atoms with Crippen molar-refractivity contribution in [2.24, 2.45) is 0 Å². The molecular formula is C19H22Br2O4. The Morgan fingerprint density at radius 3 is 1.84 bits per heavy atom. The van der Waals surface area contributed by atoms with Gasteiger partial charge in [0, 0.05) is 15.6 Å². The lowest BCUT2D eigenvalue weighted by Crippen LogP contribution is -2.51. The molecule has 0 saturated carbocycles. The summed E-state index contributed by atoms with van der Waals surface area (Å²) in [5.41, 5.74) is 0.573. The number of rotatable bonds is 8. The van der Waals surface area contributed by atoms with Crippen molar-refractivity contribution >= 4 is 31.9 Å². The summed E-state index contributed by atoms with van der Waals surface area (Å²) in [6.07, 6.45) is -1.98. The minimum absolute atomic E-state index is 0.0415. The molecule has 25 heavy (non-hydrogen) atoms. The molecule has 0 spiro atoms. The molecule has 0 aliphatic rings. The molecule has 3 unspecified atom stereocenters. The molecule has 4 nitrogen and oxygen atoms in total. The van der Waals surface area contributed by atoms with Crippen molar-refractivity contribution in [3.8, 4) is 0 Å². The number of hydrogen-bond acceptors (Lipinski definition) is 4. The van der Waals surface area contributed by atoms with Gasteiger partial charge >= 0.3 is 0 Å². The second kappa shape index (κ2) is 9.26. The molecule has 6 heteroatoms. The number of aliphatic hydroxyl groups excluding tert-OH is 4. The Bertz CT molecular complexity index is 660. The van der Waals surface area contributed by atoms with Crippen LogP contribution in [0.15, 0.2) is 57.5 Å². The Balaban J connectivity index is 2.47. The van der Waals surface area contributed by atoms with E-state index in [9.17, 15) is 15.3 Å². The van der Waals surface area contributed by atoms with Crippen LogP contribution in [0.5, 0.6) is 0 Å². The minimum atomic E-state index is -1.23. The van der Waals surface area contributed by atoms with E-state index in [1.54, 1.807) is 0 Å². The third-order valence-electron chi connectivity index (χ3n) is 4.49. The van der Waals surface area contributed by atoms with E-state index in [0.717, 1.165) is 20.1 Å². The molecule has 136 valence electrons. The lowest BCUT2D eigenvalue weighted by Gasteiger charge is -2.39. The Hall–Kier alpha value is -0.760. The van der Waals surface area contributed by atoms with Gasteiger partial charge in [-0.2, -0.15) is 0 Å². The highest BCUT2D eigenvalue weighted by Crippen LogP contribution is 2.35. The lowest BCUT2D eigenvalue weighted by molar-refractivity contribution is -0.0579. The zero-order valence-electron chi connectivity index (χ0n) is 13.6. The van der Waals surface area contributed by atoms with Crippen LogP contribution in [-0.4, -0.2) is 45.8 Å². The maximum Gasteiger partial charge on any atom is 0.0921 e. The molecule has 2 rings (SSSR count). The molecule has 0 fully saturated rings. The van der Waals surface area contributed by atoms with Gasteiger partial charge in [0.15, 0.2) is 0 Å².